The van der Waals surface area contributed by atoms with Gasteiger partial charge in [0.2, 0.25) is 0 Å². The fraction of sp³-hybridized carbons (Fsp3) is 0.571. The van der Waals surface area contributed by atoms with Gasteiger partial charge in [0.1, 0.15) is 5.60 Å². The Labute approximate surface area is 117 Å². The van der Waals surface area contributed by atoms with Crippen LogP contribution in [-0.4, -0.2) is 38.8 Å². The number of hydrogen-bond donors (Lipinski definition) is 1. The van der Waals surface area contributed by atoms with Crippen LogP contribution in [0.25, 0.3) is 0 Å². The molecule has 1 unspecified atom stereocenters. The van der Waals surface area contributed by atoms with Crippen LogP contribution >= 0.6 is 0 Å². The highest BCUT2D eigenvalue weighted by atomic mass is 16.6. The van der Waals surface area contributed by atoms with Gasteiger partial charge in [-0.2, -0.15) is 0 Å². The first-order chi connectivity index (χ1) is 9.26. The van der Waals surface area contributed by atoms with Gasteiger partial charge in [-0.25, -0.2) is 4.79 Å². The van der Waals surface area contributed by atoms with E-state index in [2.05, 4.69) is 0 Å². The van der Waals surface area contributed by atoms with Gasteiger partial charge in [0, 0.05) is 25.0 Å². The molecular weight excluding hydrogens is 260 g/mol. The van der Waals surface area contributed by atoms with Gasteiger partial charge in [0.15, 0.2) is 0 Å². The molecule has 0 aromatic carbocycles. The van der Waals surface area contributed by atoms with Crippen molar-refractivity contribution in [2.24, 2.45) is 5.92 Å². The predicted molar refractivity (Wildman–Crippen MR) is 72.2 cm³/mol. The average Bonchev–Trinajstić information content (AvgIpc) is 2.64. The predicted octanol–water partition coefficient (Wildman–Crippen LogP) is 1.94. The molecular formula is C14H20N2O4. The number of aromatic nitrogens is 1. The first-order valence-electron chi connectivity index (χ1n) is 6.61. The first-order valence-corrected chi connectivity index (χ1v) is 6.61. The minimum Gasteiger partial charge on any atom is -0.481 e. The summed E-state index contributed by atoms with van der Waals surface area (Å²) < 4.78 is 7.22. The van der Waals surface area contributed by atoms with Crippen LogP contribution in [0.1, 0.15) is 26.5 Å². The Balaban J connectivity index is 2.21. The Bertz CT molecular complexity index is 515. The van der Waals surface area contributed by atoms with Crippen LogP contribution in [0, 0.1) is 5.92 Å². The van der Waals surface area contributed by atoms with Crippen molar-refractivity contribution in [3.63, 3.8) is 0 Å². The van der Waals surface area contributed by atoms with Gasteiger partial charge in [-0.3, -0.25) is 4.79 Å². The SMILES string of the molecule is CC(C)(C)OC(=O)N1Cc2cccn2CC(C(=O)O)C1. The number of carboxylic acids is 1. The molecule has 1 aliphatic rings. The molecule has 1 aliphatic heterocycles. The highest BCUT2D eigenvalue weighted by Gasteiger charge is 2.31. The summed E-state index contributed by atoms with van der Waals surface area (Å²) in [5, 5.41) is 9.27. The number of carbonyl (C=O) groups is 2. The number of rotatable bonds is 1. The van der Waals surface area contributed by atoms with Crippen molar-refractivity contribution in [2.75, 3.05) is 6.54 Å². The van der Waals surface area contributed by atoms with Crippen LogP contribution in [0.2, 0.25) is 0 Å². The molecule has 20 heavy (non-hydrogen) atoms. The van der Waals surface area contributed by atoms with Crippen LogP contribution in [0.15, 0.2) is 18.3 Å². The molecule has 0 spiro atoms. The number of ether oxygens (including phenoxy) is 1. The number of carboxylic acid groups (broad SMARTS) is 1. The number of amides is 1. The highest BCUT2D eigenvalue weighted by Crippen LogP contribution is 2.20. The number of aliphatic carboxylic acids is 1. The third-order valence-corrected chi connectivity index (χ3v) is 3.14. The van der Waals surface area contributed by atoms with Crippen LogP contribution in [0.4, 0.5) is 4.79 Å². The summed E-state index contributed by atoms with van der Waals surface area (Å²) in [6.45, 7) is 6.27. The van der Waals surface area contributed by atoms with Gasteiger partial charge in [-0.1, -0.05) is 0 Å². The Morgan fingerprint density at radius 1 is 1.35 bits per heavy atom. The number of fused-ring (bicyclic) bond motifs is 1. The maximum Gasteiger partial charge on any atom is 0.410 e. The van der Waals surface area contributed by atoms with Gasteiger partial charge >= 0.3 is 12.1 Å². The molecule has 1 N–H and O–H groups in total. The number of nitrogens with zero attached hydrogens (tertiary/aromatic N) is 2. The number of hydrogen-bond acceptors (Lipinski definition) is 3. The molecule has 0 saturated carbocycles. The fourth-order valence-electron chi connectivity index (χ4n) is 2.21. The molecule has 2 heterocycles. The highest BCUT2D eigenvalue weighted by molar-refractivity contribution is 5.73. The van der Waals surface area contributed by atoms with Crippen LogP contribution in [-0.2, 0) is 22.6 Å². The van der Waals surface area contributed by atoms with E-state index in [1.165, 1.54) is 4.90 Å². The summed E-state index contributed by atoms with van der Waals surface area (Å²) in [6, 6.07) is 3.74. The zero-order valence-corrected chi connectivity index (χ0v) is 12.0. The standard InChI is InChI=1S/C14H20N2O4/c1-14(2,3)20-13(19)16-8-10(12(17)18)7-15-6-4-5-11(15)9-16/h4-6,10H,7-9H2,1-3H3,(H,17,18). The van der Waals surface area contributed by atoms with E-state index >= 15 is 0 Å². The van der Waals surface area contributed by atoms with Gasteiger partial charge in [0.25, 0.3) is 0 Å². The van der Waals surface area contributed by atoms with Crippen LogP contribution in [0.5, 0.6) is 0 Å². The quantitative estimate of drug-likeness (QED) is 0.853. The maximum atomic E-state index is 12.2. The van der Waals surface area contributed by atoms with E-state index in [0.29, 0.717) is 13.1 Å². The lowest BCUT2D eigenvalue weighted by atomic mass is 10.1. The topological polar surface area (TPSA) is 71.8 Å². The number of carbonyl (C=O) groups excluding carboxylic acids is 1. The van der Waals surface area contributed by atoms with Gasteiger partial charge in [0.05, 0.1) is 12.5 Å². The second kappa shape index (κ2) is 5.19. The van der Waals surface area contributed by atoms with E-state index in [1.807, 2.05) is 22.9 Å². The summed E-state index contributed by atoms with van der Waals surface area (Å²) in [5.41, 5.74) is 0.323. The van der Waals surface area contributed by atoms with Crippen molar-refractivity contribution in [1.82, 2.24) is 9.47 Å². The van der Waals surface area contributed by atoms with Gasteiger partial charge in [-0.15, -0.1) is 0 Å². The molecule has 0 radical (unpaired) electrons. The van der Waals surface area contributed by atoms with Gasteiger partial charge in [-0.05, 0) is 32.9 Å². The lowest BCUT2D eigenvalue weighted by molar-refractivity contribution is -0.142. The van der Waals surface area contributed by atoms with Crippen molar-refractivity contribution < 1.29 is 19.4 Å². The second-order valence-electron chi connectivity index (χ2n) is 6.05. The van der Waals surface area contributed by atoms with Crippen molar-refractivity contribution >= 4 is 12.1 Å². The molecule has 1 atom stereocenters. The van der Waals surface area contributed by atoms with E-state index < -0.39 is 23.6 Å². The van der Waals surface area contributed by atoms with Crippen molar-refractivity contribution in [2.45, 2.75) is 39.5 Å². The molecule has 0 aliphatic carbocycles. The Hall–Kier alpha value is -1.98. The van der Waals surface area contributed by atoms with Crippen molar-refractivity contribution in [1.29, 1.82) is 0 Å². The normalized spacial score (nSPS) is 19.1. The Morgan fingerprint density at radius 3 is 2.65 bits per heavy atom. The average molecular weight is 280 g/mol. The van der Waals surface area contributed by atoms with Crippen molar-refractivity contribution in [3.8, 4) is 0 Å². The molecule has 0 bridgehead atoms. The van der Waals surface area contributed by atoms with Crippen LogP contribution < -0.4 is 0 Å². The summed E-state index contributed by atoms with van der Waals surface area (Å²) in [5.74, 6) is -1.53. The summed E-state index contributed by atoms with van der Waals surface area (Å²) >= 11 is 0. The third-order valence-electron chi connectivity index (χ3n) is 3.14. The molecule has 2 rings (SSSR count). The van der Waals surface area contributed by atoms with E-state index in [-0.39, 0.29) is 6.54 Å². The van der Waals surface area contributed by atoms with Gasteiger partial charge < -0.3 is 19.3 Å². The third kappa shape index (κ3) is 3.31. The van der Waals surface area contributed by atoms with Crippen molar-refractivity contribution in [3.05, 3.63) is 24.0 Å². The maximum absolute atomic E-state index is 12.2. The fourth-order valence-corrected chi connectivity index (χ4v) is 2.21. The summed E-state index contributed by atoms with van der Waals surface area (Å²) in [4.78, 5) is 24.9. The minimum atomic E-state index is -0.903. The molecule has 6 heteroatoms. The Morgan fingerprint density at radius 2 is 2.05 bits per heavy atom. The molecule has 1 aromatic heterocycles. The lowest BCUT2D eigenvalue weighted by Crippen LogP contribution is -2.40. The van der Waals surface area contributed by atoms with E-state index in [9.17, 15) is 14.7 Å². The van der Waals surface area contributed by atoms with E-state index in [4.69, 9.17) is 4.74 Å². The molecule has 1 amide bonds. The summed E-state index contributed by atoms with van der Waals surface area (Å²) in [6.07, 6.45) is 1.36. The minimum absolute atomic E-state index is 0.159. The smallest absolute Gasteiger partial charge is 0.410 e. The molecule has 0 fully saturated rings. The second-order valence-corrected chi connectivity index (χ2v) is 6.05. The monoisotopic (exact) mass is 280 g/mol. The molecule has 110 valence electrons. The summed E-state index contributed by atoms with van der Waals surface area (Å²) in [7, 11) is 0. The molecule has 0 saturated heterocycles. The first kappa shape index (κ1) is 14.4. The molecule has 6 nitrogen and oxygen atoms in total. The van der Waals surface area contributed by atoms with Crippen LogP contribution in [0.3, 0.4) is 0 Å². The largest absolute Gasteiger partial charge is 0.481 e. The van der Waals surface area contributed by atoms with E-state index in [0.717, 1.165) is 5.69 Å². The molecule has 1 aromatic rings. The van der Waals surface area contributed by atoms with E-state index in [1.54, 1.807) is 20.8 Å². The Kier molecular flexibility index (Phi) is 3.74. The zero-order valence-electron chi connectivity index (χ0n) is 12.0. The zero-order chi connectivity index (χ0) is 14.9. The lowest BCUT2D eigenvalue weighted by Gasteiger charge is -2.27.